The van der Waals surface area contributed by atoms with E-state index in [1.54, 1.807) is 25.1 Å². The van der Waals surface area contributed by atoms with E-state index in [-0.39, 0.29) is 12.2 Å². The van der Waals surface area contributed by atoms with Crippen LogP contribution in [0.4, 0.5) is 4.39 Å². The zero-order valence-electron chi connectivity index (χ0n) is 7.42. The normalized spacial score (nSPS) is 14.6. The first-order valence-electron chi connectivity index (χ1n) is 3.99. The van der Waals surface area contributed by atoms with Crippen LogP contribution in [0.3, 0.4) is 0 Å². The molecule has 0 amide bonds. The van der Waals surface area contributed by atoms with Gasteiger partial charge in [0, 0.05) is 6.42 Å². The predicted octanol–water partition coefficient (Wildman–Crippen LogP) is 1.61. The first-order valence-corrected chi connectivity index (χ1v) is 3.99. The van der Waals surface area contributed by atoms with Gasteiger partial charge in [-0.1, -0.05) is 18.2 Å². The SMILES string of the molecule is CC(N)(C#N)Cc1ccccc1F. The fourth-order valence-corrected chi connectivity index (χ4v) is 1.08. The monoisotopic (exact) mass is 178 g/mol. The van der Waals surface area contributed by atoms with Gasteiger partial charge in [-0.3, -0.25) is 0 Å². The van der Waals surface area contributed by atoms with Gasteiger partial charge in [0.2, 0.25) is 0 Å². The summed E-state index contributed by atoms with van der Waals surface area (Å²) in [5.74, 6) is -0.311. The molecule has 0 fully saturated rings. The van der Waals surface area contributed by atoms with E-state index in [2.05, 4.69) is 0 Å². The quantitative estimate of drug-likeness (QED) is 0.747. The Hall–Kier alpha value is -1.40. The van der Waals surface area contributed by atoms with Crippen LogP contribution in [0.2, 0.25) is 0 Å². The van der Waals surface area contributed by atoms with Gasteiger partial charge in [0.05, 0.1) is 6.07 Å². The molecule has 0 aromatic heterocycles. The molecular weight excluding hydrogens is 167 g/mol. The molecule has 68 valence electrons. The lowest BCUT2D eigenvalue weighted by atomic mass is 9.95. The van der Waals surface area contributed by atoms with Crippen molar-refractivity contribution in [2.75, 3.05) is 0 Å². The smallest absolute Gasteiger partial charge is 0.126 e. The third-order valence-electron chi connectivity index (χ3n) is 1.77. The van der Waals surface area contributed by atoms with E-state index in [1.165, 1.54) is 6.07 Å². The van der Waals surface area contributed by atoms with Crippen molar-refractivity contribution in [1.82, 2.24) is 0 Å². The Morgan fingerprint density at radius 3 is 2.69 bits per heavy atom. The maximum absolute atomic E-state index is 13.1. The van der Waals surface area contributed by atoms with Gasteiger partial charge >= 0.3 is 0 Å². The summed E-state index contributed by atoms with van der Waals surface area (Å²) in [6.07, 6.45) is 0.232. The molecule has 0 aliphatic rings. The van der Waals surface area contributed by atoms with Crippen molar-refractivity contribution in [2.24, 2.45) is 5.73 Å². The molecule has 0 spiro atoms. The van der Waals surface area contributed by atoms with Crippen molar-refractivity contribution in [3.63, 3.8) is 0 Å². The Morgan fingerprint density at radius 1 is 1.54 bits per heavy atom. The highest BCUT2D eigenvalue weighted by molar-refractivity contribution is 5.22. The highest BCUT2D eigenvalue weighted by Gasteiger charge is 2.19. The molecule has 0 aliphatic carbocycles. The average Bonchev–Trinajstić information content (AvgIpc) is 2.09. The first kappa shape index (κ1) is 9.69. The second kappa shape index (κ2) is 3.55. The fraction of sp³-hybridized carbons (Fsp3) is 0.300. The lowest BCUT2D eigenvalue weighted by molar-refractivity contribution is 0.553. The number of hydrogen-bond acceptors (Lipinski definition) is 2. The second-order valence-corrected chi connectivity index (χ2v) is 3.30. The van der Waals surface area contributed by atoms with Crippen LogP contribution in [0.1, 0.15) is 12.5 Å². The van der Waals surface area contributed by atoms with Gasteiger partial charge in [-0.25, -0.2) is 4.39 Å². The molecule has 3 heteroatoms. The van der Waals surface area contributed by atoms with Gasteiger partial charge in [0.15, 0.2) is 0 Å². The van der Waals surface area contributed by atoms with E-state index in [1.807, 2.05) is 6.07 Å². The molecular formula is C10H11FN2. The van der Waals surface area contributed by atoms with Crippen LogP contribution < -0.4 is 5.73 Å². The summed E-state index contributed by atoms with van der Waals surface area (Å²) in [6, 6.07) is 8.27. The molecule has 1 atom stereocenters. The molecule has 1 aromatic rings. The molecule has 1 aromatic carbocycles. The Morgan fingerprint density at radius 2 is 2.15 bits per heavy atom. The number of nitrogens with two attached hydrogens (primary N) is 1. The third-order valence-corrected chi connectivity index (χ3v) is 1.77. The van der Waals surface area contributed by atoms with Crippen LogP contribution in [0.5, 0.6) is 0 Å². The number of nitriles is 1. The second-order valence-electron chi connectivity index (χ2n) is 3.30. The Bertz CT molecular complexity index is 339. The van der Waals surface area contributed by atoms with E-state index >= 15 is 0 Å². The number of nitrogens with zero attached hydrogens (tertiary/aromatic N) is 1. The maximum atomic E-state index is 13.1. The molecule has 2 N–H and O–H groups in total. The van der Waals surface area contributed by atoms with Crippen LogP contribution in [0.25, 0.3) is 0 Å². The van der Waals surface area contributed by atoms with Gasteiger partial charge in [-0.05, 0) is 18.6 Å². The molecule has 0 saturated heterocycles. The summed E-state index contributed by atoms with van der Waals surface area (Å²) in [6.45, 7) is 1.58. The number of hydrogen-bond donors (Lipinski definition) is 1. The van der Waals surface area contributed by atoms with E-state index in [9.17, 15) is 4.39 Å². The van der Waals surface area contributed by atoms with Crippen molar-refractivity contribution < 1.29 is 4.39 Å². The van der Waals surface area contributed by atoms with E-state index < -0.39 is 5.54 Å². The van der Waals surface area contributed by atoms with Crippen molar-refractivity contribution in [3.8, 4) is 6.07 Å². The average molecular weight is 178 g/mol. The van der Waals surface area contributed by atoms with E-state index in [0.717, 1.165) is 0 Å². The standard InChI is InChI=1S/C10H11FN2/c1-10(13,7-12)6-8-4-2-3-5-9(8)11/h2-5H,6,13H2,1H3. The minimum Gasteiger partial charge on any atom is -0.313 e. The molecule has 13 heavy (non-hydrogen) atoms. The minimum atomic E-state index is -0.998. The van der Waals surface area contributed by atoms with Gasteiger partial charge in [0.1, 0.15) is 11.4 Å². The summed E-state index contributed by atoms with van der Waals surface area (Å²) in [5, 5.41) is 8.65. The molecule has 0 saturated carbocycles. The Balaban J connectivity index is 2.88. The topological polar surface area (TPSA) is 49.8 Å². The van der Waals surface area contributed by atoms with Gasteiger partial charge in [0.25, 0.3) is 0 Å². The summed E-state index contributed by atoms with van der Waals surface area (Å²) in [5.41, 5.74) is 5.07. The molecule has 1 unspecified atom stereocenters. The minimum absolute atomic E-state index is 0.232. The van der Waals surface area contributed by atoms with Crippen LogP contribution in [-0.2, 0) is 6.42 Å². The van der Waals surface area contributed by atoms with Crippen LogP contribution in [0.15, 0.2) is 24.3 Å². The Labute approximate surface area is 76.8 Å². The predicted molar refractivity (Wildman–Crippen MR) is 48.3 cm³/mol. The zero-order chi connectivity index (χ0) is 9.90. The zero-order valence-corrected chi connectivity index (χ0v) is 7.42. The highest BCUT2D eigenvalue weighted by Crippen LogP contribution is 2.13. The third kappa shape index (κ3) is 2.53. The van der Waals surface area contributed by atoms with Crippen LogP contribution in [0, 0.1) is 17.1 Å². The van der Waals surface area contributed by atoms with Crippen molar-refractivity contribution in [1.29, 1.82) is 5.26 Å². The lowest BCUT2D eigenvalue weighted by Gasteiger charge is -2.15. The summed E-state index contributed by atoms with van der Waals surface area (Å²) >= 11 is 0. The van der Waals surface area contributed by atoms with E-state index in [4.69, 9.17) is 11.0 Å². The fourth-order valence-electron chi connectivity index (χ4n) is 1.08. The first-order chi connectivity index (χ1) is 6.05. The van der Waals surface area contributed by atoms with Crippen molar-refractivity contribution in [2.45, 2.75) is 18.9 Å². The molecule has 2 nitrogen and oxygen atoms in total. The largest absolute Gasteiger partial charge is 0.313 e. The maximum Gasteiger partial charge on any atom is 0.126 e. The number of benzene rings is 1. The molecule has 0 bridgehead atoms. The van der Waals surface area contributed by atoms with Crippen LogP contribution in [-0.4, -0.2) is 5.54 Å². The van der Waals surface area contributed by atoms with Crippen LogP contribution >= 0.6 is 0 Å². The highest BCUT2D eigenvalue weighted by atomic mass is 19.1. The summed E-state index contributed by atoms with van der Waals surface area (Å²) in [4.78, 5) is 0. The van der Waals surface area contributed by atoms with Gasteiger partial charge < -0.3 is 5.73 Å². The summed E-state index contributed by atoms with van der Waals surface area (Å²) in [7, 11) is 0. The van der Waals surface area contributed by atoms with E-state index in [0.29, 0.717) is 5.56 Å². The van der Waals surface area contributed by atoms with Crippen molar-refractivity contribution in [3.05, 3.63) is 35.6 Å². The van der Waals surface area contributed by atoms with Gasteiger partial charge in [-0.2, -0.15) is 5.26 Å². The van der Waals surface area contributed by atoms with Crippen molar-refractivity contribution >= 4 is 0 Å². The molecule has 0 aliphatic heterocycles. The molecule has 1 rings (SSSR count). The number of rotatable bonds is 2. The van der Waals surface area contributed by atoms with Gasteiger partial charge in [-0.15, -0.1) is 0 Å². The number of halogens is 1. The molecule has 0 radical (unpaired) electrons. The lowest BCUT2D eigenvalue weighted by Crippen LogP contribution is -2.36. The molecule has 0 heterocycles. The summed E-state index contributed by atoms with van der Waals surface area (Å²) < 4.78 is 13.1. The Kier molecular flexibility index (Phi) is 2.64.